The Kier molecular flexibility index (Phi) is 5.12. The molecule has 0 bridgehead atoms. The van der Waals surface area contributed by atoms with Crippen LogP contribution in [0.2, 0.25) is 0 Å². The zero-order valence-electron chi connectivity index (χ0n) is 6.22. The molecule has 57 valence electrons. The normalized spacial score (nSPS) is 12.2. The Bertz CT molecular complexity index is 123. The molecule has 1 atom stereocenters. The fraction of sp³-hybridized carbons (Fsp3) is 0.714. The smallest absolute Gasteiger partial charge is 0.314 e. The van der Waals surface area contributed by atoms with Crippen LogP contribution in [0.1, 0.15) is 20.3 Å². The zero-order chi connectivity index (χ0) is 7.98. The summed E-state index contributed by atoms with van der Waals surface area (Å²) in [5.41, 5.74) is 0. The van der Waals surface area contributed by atoms with Crippen molar-refractivity contribution >= 4 is 23.6 Å². The van der Waals surface area contributed by atoms with Gasteiger partial charge >= 0.3 is 5.97 Å². The molecule has 0 rings (SSSR count). The lowest BCUT2D eigenvalue weighted by atomic mass is 10.2. The molecule has 0 aliphatic heterocycles. The Morgan fingerprint density at radius 3 is 2.80 bits per heavy atom. The first-order valence-corrected chi connectivity index (χ1v) is 3.67. The Balaban J connectivity index is 3.51. The third-order valence-electron chi connectivity index (χ3n) is 0.979. The Labute approximate surface area is 66.6 Å². The van der Waals surface area contributed by atoms with Crippen LogP contribution in [0.3, 0.4) is 0 Å². The molecule has 0 aromatic carbocycles. The van der Waals surface area contributed by atoms with Gasteiger partial charge in [-0.2, -0.15) is 0 Å². The Hall–Kier alpha value is -0.440. The van der Waals surface area contributed by atoms with Crippen LogP contribution in [0.15, 0.2) is 0 Å². The highest BCUT2D eigenvalue weighted by atomic mass is 32.1. The molecular formula is C7H11O2S. The topological polar surface area (TPSA) is 26.3 Å². The molecule has 0 saturated heterocycles. The van der Waals surface area contributed by atoms with E-state index in [4.69, 9.17) is 4.74 Å². The van der Waals surface area contributed by atoms with Gasteiger partial charge in [-0.15, -0.1) is 0 Å². The summed E-state index contributed by atoms with van der Waals surface area (Å²) >= 11 is 4.45. The van der Waals surface area contributed by atoms with Crippen LogP contribution in [0.4, 0.5) is 0 Å². The summed E-state index contributed by atoms with van der Waals surface area (Å²) in [6.45, 7) is 4.09. The van der Waals surface area contributed by atoms with Crippen molar-refractivity contribution in [2.75, 3.05) is 6.61 Å². The lowest BCUT2D eigenvalue weighted by molar-refractivity contribution is -0.145. The van der Waals surface area contributed by atoms with Gasteiger partial charge in [0.2, 0.25) is 0 Å². The molecule has 0 aliphatic rings. The van der Waals surface area contributed by atoms with Crippen LogP contribution >= 0.6 is 12.2 Å². The number of esters is 1. The van der Waals surface area contributed by atoms with E-state index in [-0.39, 0.29) is 11.9 Å². The fourth-order valence-electron chi connectivity index (χ4n) is 0.376. The van der Waals surface area contributed by atoms with Crippen molar-refractivity contribution in [3.8, 4) is 0 Å². The molecule has 3 heteroatoms. The number of thiocarbonyl (C=S) groups is 1. The third-order valence-corrected chi connectivity index (χ3v) is 1.33. The van der Waals surface area contributed by atoms with Crippen LogP contribution in [-0.2, 0) is 9.53 Å². The van der Waals surface area contributed by atoms with E-state index in [1.807, 2.05) is 6.92 Å². The minimum atomic E-state index is -0.374. The van der Waals surface area contributed by atoms with E-state index in [9.17, 15) is 4.79 Å². The van der Waals surface area contributed by atoms with Gasteiger partial charge in [0.05, 0.1) is 12.5 Å². The predicted molar refractivity (Wildman–Crippen MR) is 43.0 cm³/mol. The average molecular weight is 159 g/mol. The summed E-state index contributed by atoms with van der Waals surface area (Å²) in [5.74, 6) is -0.654. The van der Waals surface area contributed by atoms with Gasteiger partial charge in [0.1, 0.15) is 0 Å². The second kappa shape index (κ2) is 5.35. The molecule has 10 heavy (non-hydrogen) atoms. The van der Waals surface area contributed by atoms with E-state index in [1.54, 1.807) is 6.92 Å². The molecule has 1 radical (unpaired) electrons. The summed E-state index contributed by atoms with van der Waals surface area (Å²) in [6, 6.07) is 0. The molecule has 0 fully saturated rings. The molecule has 0 aromatic rings. The highest BCUT2D eigenvalue weighted by molar-refractivity contribution is 7.79. The van der Waals surface area contributed by atoms with Crippen LogP contribution in [0.25, 0.3) is 0 Å². The van der Waals surface area contributed by atoms with Crippen molar-refractivity contribution in [2.24, 2.45) is 5.92 Å². The van der Waals surface area contributed by atoms with Crippen LogP contribution in [-0.4, -0.2) is 17.9 Å². The van der Waals surface area contributed by atoms with Gasteiger partial charge in [-0.1, -0.05) is 19.1 Å². The lowest BCUT2D eigenvalue weighted by Crippen LogP contribution is -2.15. The molecule has 2 nitrogen and oxygen atoms in total. The molecule has 0 amide bonds. The van der Waals surface area contributed by atoms with Crippen LogP contribution < -0.4 is 0 Å². The monoisotopic (exact) mass is 159 g/mol. The lowest BCUT2D eigenvalue weighted by Gasteiger charge is -2.03. The second-order valence-electron chi connectivity index (χ2n) is 2.01. The molecule has 1 unspecified atom stereocenters. The molecule has 0 spiro atoms. The van der Waals surface area contributed by atoms with Gasteiger partial charge in [0.25, 0.3) is 0 Å². The maximum atomic E-state index is 10.8. The third kappa shape index (κ3) is 3.56. The van der Waals surface area contributed by atoms with Gasteiger partial charge in [-0.25, -0.2) is 0 Å². The standard InChI is InChI=1S/C7H11O2S/c1-3-4-9-7(8)6(2)5-10/h6H,3-4H2,1-2H3. The largest absolute Gasteiger partial charge is 0.465 e. The van der Waals surface area contributed by atoms with E-state index in [0.717, 1.165) is 6.42 Å². The number of carbonyl (C=O) groups is 1. The van der Waals surface area contributed by atoms with Gasteiger partial charge in [0.15, 0.2) is 0 Å². The summed E-state index contributed by atoms with van der Waals surface area (Å²) in [6.07, 6.45) is 0.843. The minimum absolute atomic E-state index is 0.281. The van der Waals surface area contributed by atoms with Crippen molar-refractivity contribution in [2.45, 2.75) is 20.3 Å². The van der Waals surface area contributed by atoms with Crippen molar-refractivity contribution in [1.82, 2.24) is 0 Å². The van der Waals surface area contributed by atoms with Gasteiger partial charge in [0, 0.05) is 5.37 Å². The van der Waals surface area contributed by atoms with Crippen LogP contribution in [0, 0.1) is 5.92 Å². The van der Waals surface area contributed by atoms with Gasteiger partial charge < -0.3 is 4.74 Å². The second-order valence-corrected chi connectivity index (χ2v) is 2.24. The first kappa shape index (κ1) is 9.56. The molecule has 0 aliphatic carbocycles. The predicted octanol–water partition coefficient (Wildman–Crippen LogP) is 1.45. The van der Waals surface area contributed by atoms with Gasteiger partial charge in [-0.05, 0) is 13.3 Å². The van der Waals surface area contributed by atoms with Crippen LogP contribution in [0.5, 0.6) is 0 Å². The summed E-state index contributed by atoms with van der Waals surface area (Å²) in [7, 11) is 0. The van der Waals surface area contributed by atoms with Crippen molar-refractivity contribution in [1.29, 1.82) is 0 Å². The molecule has 0 N–H and O–H groups in total. The Morgan fingerprint density at radius 2 is 2.40 bits per heavy atom. The number of rotatable bonds is 4. The SMILES string of the molecule is CCCOC(=O)C(C)[C]=S. The van der Waals surface area contributed by atoms with E-state index in [1.165, 1.54) is 0 Å². The first-order valence-electron chi connectivity index (χ1n) is 3.26. The number of hydrogen-bond acceptors (Lipinski definition) is 3. The molecule has 0 saturated carbocycles. The number of ether oxygens (including phenoxy) is 1. The first-order chi connectivity index (χ1) is 4.72. The zero-order valence-corrected chi connectivity index (χ0v) is 7.03. The number of hydrogen-bond donors (Lipinski definition) is 0. The van der Waals surface area contributed by atoms with E-state index < -0.39 is 0 Å². The average Bonchev–Trinajstić information content (AvgIpc) is 1.98. The summed E-state index contributed by atoms with van der Waals surface area (Å²) in [4.78, 5) is 10.8. The Morgan fingerprint density at radius 1 is 1.80 bits per heavy atom. The fourth-order valence-corrected chi connectivity index (χ4v) is 0.472. The van der Waals surface area contributed by atoms with E-state index in [0.29, 0.717) is 6.61 Å². The number of carbonyl (C=O) groups excluding carboxylic acids is 1. The van der Waals surface area contributed by atoms with E-state index >= 15 is 0 Å². The van der Waals surface area contributed by atoms with Gasteiger partial charge in [-0.3, -0.25) is 4.79 Å². The molecule has 0 heterocycles. The maximum Gasteiger partial charge on any atom is 0.314 e. The van der Waals surface area contributed by atoms with Crippen molar-refractivity contribution in [3.63, 3.8) is 0 Å². The summed E-state index contributed by atoms with van der Waals surface area (Å²) < 4.78 is 4.78. The van der Waals surface area contributed by atoms with E-state index in [2.05, 4.69) is 17.6 Å². The highest BCUT2D eigenvalue weighted by Crippen LogP contribution is 1.95. The minimum Gasteiger partial charge on any atom is -0.465 e. The molecule has 0 aromatic heterocycles. The van der Waals surface area contributed by atoms with Crippen molar-refractivity contribution < 1.29 is 9.53 Å². The maximum absolute atomic E-state index is 10.8. The summed E-state index contributed by atoms with van der Waals surface area (Å²) in [5, 5.41) is 2.38. The quantitative estimate of drug-likeness (QED) is 0.459. The highest BCUT2D eigenvalue weighted by Gasteiger charge is 2.09. The van der Waals surface area contributed by atoms with Crippen molar-refractivity contribution in [3.05, 3.63) is 0 Å². The molecular weight excluding hydrogens is 148 g/mol.